The molecule has 0 spiro atoms. The van der Waals surface area contributed by atoms with Crippen LogP contribution in [0.2, 0.25) is 10.0 Å². The fraction of sp³-hybridized carbons (Fsp3) is 0.219. The fourth-order valence-electron chi connectivity index (χ4n) is 4.24. The van der Waals surface area contributed by atoms with Gasteiger partial charge in [-0.3, -0.25) is 19.8 Å². The third-order valence-electron chi connectivity index (χ3n) is 6.40. The van der Waals surface area contributed by atoms with Gasteiger partial charge in [-0.05, 0) is 53.4 Å². The molecule has 0 unspecified atom stereocenters. The number of amides is 3. The van der Waals surface area contributed by atoms with Gasteiger partial charge in [-0.25, -0.2) is 4.39 Å². The molecule has 0 heterocycles. The molecule has 0 radical (unpaired) electrons. The van der Waals surface area contributed by atoms with Crippen LogP contribution in [0.4, 0.5) is 4.39 Å². The minimum atomic E-state index is -1.21. The molecular formula is C32H28Cl2FN5O3. The van der Waals surface area contributed by atoms with Crippen LogP contribution in [0.5, 0.6) is 0 Å². The molecule has 0 aromatic heterocycles. The van der Waals surface area contributed by atoms with Gasteiger partial charge in [-0.1, -0.05) is 65.5 Å². The zero-order valence-corrected chi connectivity index (χ0v) is 24.4. The van der Waals surface area contributed by atoms with E-state index < -0.39 is 35.6 Å². The van der Waals surface area contributed by atoms with Gasteiger partial charge < -0.3 is 16.0 Å². The van der Waals surface area contributed by atoms with Gasteiger partial charge in [0.25, 0.3) is 5.91 Å². The number of hydrogen-bond acceptors (Lipinski definition) is 5. The Hall–Kier alpha value is -4.70. The van der Waals surface area contributed by atoms with Crippen LogP contribution in [-0.2, 0) is 33.6 Å². The summed E-state index contributed by atoms with van der Waals surface area (Å²) < 4.78 is 13.5. The van der Waals surface area contributed by atoms with Crippen LogP contribution in [0.15, 0.2) is 66.7 Å². The summed E-state index contributed by atoms with van der Waals surface area (Å²) in [7, 11) is 0. The third-order valence-corrected chi connectivity index (χ3v) is 6.99. The molecule has 3 amide bonds. The second kappa shape index (κ2) is 16.1. The van der Waals surface area contributed by atoms with Crippen LogP contribution in [0.3, 0.4) is 0 Å². The van der Waals surface area contributed by atoms with Gasteiger partial charge in [-0.2, -0.15) is 5.26 Å². The van der Waals surface area contributed by atoms with E-state index in [-0.39, 0.29) is 43.0 Å². The molecule has 11 heteroatoms. The number of nitriles is 1. The van der Waals surface area contributed by atoms with E-state index in [1.54, 1.807) is 48.5 Å². The number of terminal acetylenes is 1. The fourth-order valence-corrected chi connectivity index (χ4v) is 4.73. The monoisotopic (exact) mass is 619 g/mol. The molecule has 0 aliphatic carbocycles. The lowest BCUT2D eigenvalue weighted by molar-refractivity contribution is -0.127. The van der Waals surface area contributed by atoms with Crippen molar-refractivity contribution in [2.75, 3.05) is 6.54 Å². The first kappa shape index (κ1) is 32.8. The molecule has 220 valence electrons. The first-order valence-corrected chi connectivity index (χ1v) is 13.9. The quantitative estimate of drug-likeness (QED) is 0.169. The zero-order chi connectivity index (χ0) is 31.4. The zero-order valence-electron chi connectivity index (χ0n) is 22.9. The highest BCUT2D eigenvalue weighted by Gasteiger charge is 2.27. The molecule has 0 fully saturated rings. The van der Waals surface area contributed by atoms with Crippen molar-refractivity contribution in [1.82, 2.24) is 16.0 Å². The topological polar surface area (TPSA) is 135 Å². The molecule has 4 N–H and O–H groups in total. The van der Waals surface area contributed by atoms with Crippen molar-refractivity contribution < 1.29 is 18.8 Å². The van der Waals surface area contributed by atoms with Crippen molar-refractivity contribution >= 4 is 46.6 Å². The first-order valence-electron chi connectivity index (χ1n) is 13.1. The molecule has 43 heavy (non-hydrogen) atoms. The highest BCUT2D eigenvalue weighted by Crippen LogP contribution is 2.22. The van der Waals surface area contributed by atoms with Crippen LogP contribution in [-0.4, -0.2) is 42.1 Å². The van der Waals surface area contributed by atoms with Crippen molar-refractivity contribution in [3.63, 3.8) is 0 Å². The van der Waals surface area contributed by atoms with Crippen molar-refractivity contribution in [2.45, 2.75) is 37.8 Å². The number of carbonyl (C=O) groups excluding carboxylic acids is 3. The van der Waals surface area contributed by atoms with E-state index >= 15 is 0 Å². The molecule has 2 atom stereocenters. The minimum absolute atomic E-state index is 0.000831. The molecule has 0 saturated carbocycles. The van der Waals surface area contributed by atoms with E-state index in [0.717, 1.165) is 0 Å². The Kier molecular flexibility index (Phi) is 12.3. The summed E-state index contributed by atoms with van der Waals surface area (Å²) in [6.45, 7) is 0.000831. The Morgan fingerprint density at radius 1 is 0.977 bits per heavy atom. The van der Waals surface area contributed by atoms with Crippen LogP contribution in [0, 0.1) is 34.9 Å². The predicted molar refractivity (Wildman–Crippen MR) is 163 cm³/mol. The SMILES string of the molecule is C#CCNC(=O)C[C@H](Cc1ccc(F)cc1)NC(=O)[C@@H](Cc1ccc(Cl)cc1Cl)NC(=O)C(=N)Cc1ccccc1C#N. The molecule has 0 aliphatic heterocycles. The summed E-state index contributed by atoms with van der Waals surface area (Å²) in [5.41, 5.74) is 1.63. The number of nitrogens with one attached hydrogen (secondary N) is 4. The normalized spacial score (nSPS) is 11.7. The lowest BCUT2D eigenvalue weighted by Crippen LogP contribution is -2.53. The summed E-state index contributed by atoms with van der Waals surface area (Å²) in [6.07, 6.45) is 5.08. The molecule has 3 aromatic carbocycles. The molecule has 0 bridgehead atoms. The van der Waals surface area contributed by atoms with Crippen LogP contribution in [0.25, 0.3) is 0 Å². The average Bonchev–Trinajstić information content (AvgIpc) is 2.98. The summed E-state index contributed by atoms with van der Waals surface area (Å²) in [4.78, 5) is 39.3. The molecule has 3 rings (SSSR count). The average molecular weight is 621 g/mol. The van der Waals surface area contributed by atoms with E-state index in [2.05, 4.69) is 21.9 Å². The van der Waals surface area contributed by atoms with Crippen molar-refractivity contribution in [3.05, 3.63) is 105 Å². The lowest BCUT2D eigenvalue weighted by atomic mass is 10.00. The van der Waals surface area contributed by atoms with Gasteiger partial charge in [0.2, 0.25) is 11.8 Å². The number of halogens is 3. The van der Waals surface area contributed by atoms with E-state index in [4.69, 9.17) is 35.0 Å². The number of hydrogen-bond donors (Lipinski definition) is 4. The Balaban J connectivity index is 1.84. The Bertz CT molecular complexity index is 1580. The number of benzene rings is 3. The van der Waals surface area contributed by atoms with Gasteiger partial charge in [0.15, 0.2) is 0 Å². The highest BCUT2D eigenvalue weighted by molar-refractivity contribution is 6.38. The number of nitrogens with zero attached hydrogens (tertiary/aromatic N) is 1. The van der Waals surface area contributed by atoms with Gasteiger partial charge in [-0.15, -0.1) is 6.42 Å². The van der Waals surface area contributed by atoms with Crippen LogP contribution in [0.1, 0.15) is 28.7 Å². The maximum Gasteiger partial charge on any atom is 0.265 e. The Morgan fingerprint density at radius 3 is 2.37 bits per heavy atom. The maximum absolute atomic E-state index is 13.7. The highest BCUT2D eigenvalue weighted by atomic mass is 35.5. The summed E-state index contributed by atoms with van der Waals surface area (Å²) in [6, 6.07) is 17.0. The van der Waals surface area contributed by atoms with Crippen LogP contribution < -0.4 is 16.0 Å². The minimum Gasteiger partial charge on any atom is -0.351 e. The van der Waals surface area contributed by atoms with E-state index in [0.29, 0.717) is 27.3 Å². The predicted octanol–water partition coefficient (Wildman–Crippen LogP) is 4.16. The van der Waals surface area contributed by atoms with Gasteiger partial charge in [0.1, 0.15) is 17.6 Å². The van der Waals surface area contributed by atoms with E-state index in [1.807, 2.05) is 6.07 Å². The van der Waals surface area contributed by atoms with Gasteiger partial charge >= 0.3 is 0 Å². The Morgan fingerprint density at radius 2 is 1.70 bits per heavy atom. The van der Waals surface area contributed by atoms with E-state index in [1.165, 1.54) is 18.2 Å². The smallest absolute Gasteiger partial charge is 0.265 e. The third kappa shape index (κ3) is 10.3. The summed E-state index contributed by atoms with van der Waals surface area (Å²) in [5.74, 6) is 0.0103. The largest absolute Gasteiger partial charge is 0.351 e. The first-order chi connectivity index (χ1) is 20.6. The molecule has 0 saturated heterocycles. The maximum atomic E-state index is 13.7. The van der Waals surface area contributed by atoms with Gasteiger partial charge in [0.05, 0.1) is 18.2 Å². The van der Waals surface area contributed by atoms with Crippen molar-refractivity contribution in [3.8, 4) is 18.4 Å². The summed E-state index contributed by atoms with van der Waals surface area (Å²) in [5, 5.41) is 26.3. The second-order valence-electron chi connectivity index (χ2n) is 9.61. The number of carbonyl (C=O) groups is 3. The molecule has 8 nitrogen and oxygen atoms in total. The van der Waals surface area contributed by atoms with Crippen molar-refractivity contribution in [2.24, 2.45) is 0 Å². The molecule has 3 aromatic rings. The standard InChI is InChI=1S/C32H28Cl2FN5O3/c1-2-13-38-30(41)18-26(14-20-7-11-25(35)12-8-20)39-32(43)29(16-22-9-10-24(33)17-27(22)34)40-31(42)28(37)15-21-5-3-4-6-23(21)19-36/h1,3-12,17,26,29,37H,13-16,18H2,(H,38,41)(H,39,43)(H,40,42)/t26-,29+/m0/s1. The molecule has 0 aliphatic rings. The van der Waals surface area contributed by atoms with Crippen molar-refractivity contribution in [1.29, 1.82) is 10.7 Å². The number of rotatable bonds is 13. The Labute approximate surface area is 259 Å². The lowest BCUT2D eigenvalue weighted by Gasteiger charge is -2.24. The van der Waals surface area contributed by atoms with Gasteiger partial charge in [0, 0.05) is 35.3 Å². The molecular weight excluding hydrogens is 592 g/mol. The second-order valence-corrected chi connectivity index (χ2v) is 10.5. The van der Waals surface area contributed by atoms with E-state index in [9.17, 15) is 24.0 Å². The summed E-state index contributed by atoms with van der Waals surface area (Å²) >= 11 is 12.4. The van der Waals surface area contributed by atoms with Crippen LogP contribution >= 0.6 is 23.2 Å².